The minimum Gasteiger partial charge on any atom is -0.467 e. The molecule has 0 aliphatic heterocycles. The molecule has 0 aliphatic carbocycles. The second kappa shape index (κ2) is 7.30. The fourth-order valence-electron chi connectivity index (χ4n) is 3.22. The van der Waals surface area contributed by atoms with Crippen molar-refractivity contribution in [2.45, 2.75) is 11.4 Å². The lowest BCUT2D eigenvalue weighted by Crippen LogP contribution is -2.36. The van der Waals surface area contributed by atoms with Crippen molar-refractivity contribution in [3.05, 3.63) is 82.9 Å². The normalized spacial score (nSPS) is 11.7. The molecule has 3 aromatic heterocycles. The Kier molecular flexibility index (Phi) is 4.78. The van der Waals surface area contributed by atoms with Crippen molar-refractivity contribution in [3.8, 4) is 0 Å². The van der Waals surface area contributed by atoms with Gasteiger partial charge in [0.1, 0.15) is 5.76 Å². The van der Waals surface area contributed by atoms with Gasteiger partial charge in [-0.15, -0.1) is 0 Å². The molecule has 0 radical (unpaired) electrons. The molecule has 154 valence electrons. The van der Waals surface area contributed by atoms with Gasteiger partial charge in [0, 0.05) is 32.1 Å². The van der Waals surface area contributed by atoms with Crippen LogP contribution in [0.4, 0.5) is 0 Å². The van der Waals surface area contributed by atoms with Gasteiger partial charge in [0.2, 0.25) is 0 Å². The molecule has 0 bridgehead atoms. The fourth-order valence-corrected chi connectivity index (χ4v) is 4.60. The van der Waals surface area contributed by atoms with Gasteiger partial charge in [0.15, 0.2) is 0 Å². The van der Waals surface area contributed by atoms with Gasteiger partial charge in [-0.1, -0.05) is 0 Å². The van der Waals surface area contributed by atoms with Crippen LogP contribution < -0.4 is 5.69 Å². The van der Waals surface area contributed by atoms with Gasteiger partial charge in [-0.2, -0.15) is 0 Å². The zero-order valence-corrected chi connectivity index (χ0v) is 17.0. The number of nitrogens with zero attached hydrogens (tertiary/aromatic N) is 4. The van der Waals surface area contributed by atoms with E-state index in [9.17, 15) is 18.0 Å². The average molecular weight is 426 g/mol. The fraction of sp³-hybridized carbons (Fsp3) is 0.150. The Balaban J connectivity index is 1.84. The topological polar surface area (TPSA) is 107 Å². The molecule has 0 unspecified atom stereocenters. The number of imidazole rings is 1. The lowest BCUT2D eigenvalue weighted by molar-refractivity contribution is 0.0848. The van der Waals surface area contributed by atoms with E-state index in [2.05, 4.69) is 4.98 Å². The van der Waals surface area contributed by atoms with Crippen molar-refractivity contribution in [1.82, 2.24) is 18.4 Å². The van der Waals surface area contributed by atoms with Crippen molar-refractivity contribution in [1.29, 1.82) is 0 Å². The number of hydrogen-bond donors (Lipinski definition) is 0. The Morgan fingerprint density at radius 3 is 2.43 bits per heavy atom. The van der Waals surface area contributed by atoms with Gasteiger partial charge < -0.3 is 4.42 Å². The molecule has 4 aromatic rings. The third-order valence-electron chi connectivity index (χ3n) is 4.86. The Morgan fingerprint density at radius 1 is 1.07 bits per heavy atom. The number of sulfonamides is 1. The number of carbonyl (C=O) groups is 1. The maximum atomic E-state index is 13.5. The molecule has 30 heavy (non-hydrogen) atoms. The van der Waals surface area contributed by atoms with Crippen LogP contribution in [0.3, 0.4) is 0 Å². The summed E-state index contributed by atoms with van der Waals surface area (Å²) in [5.74, 6) is -0.398. The minimum absolute atomic E-state index is 0.106. The highest BCUT2D eigenvalue weighted by atomic mass is 32.2. The molecule has 1 aromatic carbocycles. The van der Waals surface area contributed by atoms with E-state index in [1.54, 1.807) is 32.3 Å². The zero-order valence-electron chi connectivity index (χ0n) is 16.2. The minimum atomic E-state index is -4.26. The molecule has 9 nitrogen and oxygen atoms in total. The summed E-state index contributed by atoms with van der Waals surface area (Å²) < 4.78 is 35.8. The van der Waals surface area contributed by atoms with Crippen LogP contribution in [0.2, 0.25) is 0 Å². The summed E-state index contributed by atoms with van der Waals surface area (Å²) in [5.41, 5.74) is 0.922. The highest BCUT2D eigenvalue weighted by molar-refractivity contribution is 7.89. The first-order chi connectivity index (χ1) is 14.3. The van der Waals surface area contributed by atoms with Gasteiger partial charge in [-0.05, 0) is 42.5 Å². The lowest BCUT2D eigenvalue weighted by Gasteiger charge is -2.22. The summed E-state index contributed by atoms with van der Waals surface area (Å²) in [6, 6.07) is 10.4. The van der Waals surface area contributed by atoms with Crippen LogP contribution in [0.5, 0.6) is 0 Å². The Hall–Kier alpha value is -3.66. The standard InChI is InChI=1S/C20H18N4O5S/c1-22-17-6-5-16(12-18(17)23(2)20(22)26)30(27,28)24(13-15-4-3-11-29-15)19(25)14-7-9-21-10-8-14/h3-12H,13H2,1-2H3. The summed E-state index contributed by atoms with van der Waals surface area (Å²) in [5, 5.41) is 0. The molecule has 0 atom stereocenters. The number of fused-ring (bicyclic) bond motifs is 1. The Labute approximate surface area is 171 Å². The van der Waals surface area contributed by atoms with Gasteiger partial charge in [-0.25, -0.2) is 17.5 Å². The highest BCUT2D eigenvalue weighted by Crippen LogP contribution is 2.24. The van der Waals surface area contributed by atoms with Gasteiger partial charge in [0.25, 0.3) is 15.9 Å². The smallest absolute Gasteiger partial charge is 0.328 e. The van der Waals surface area contributed by atoms with Gasteiger partial charge in [-0.3, -0.25) is 18.9 Å². The molecule has 1 amide bonds. The first kappa shape index (κ1) is 19.6. The molecule has 0 aliphatic rings. The Bertz CT molecular complexity index is 1390. The van der Waals surface area contributed by atoms with Crippen LogP contribution in [0.15, 0.2) is 75.2 Å². The van der Waals surface area contributed by atoms with E-state index >= 15 is 0 Å². The maximum absolute atomic E-state index is 13.5. The van der Waals surface area contributed by atoms with Crippen LogP contribution >= 0.6 is 0 Å². The molecule has 0 saturated heterocycles. The maximum Gasteiger partial charge on any atom is 0.328 e. The summed E-state index contributed by atoms with van der Waals surface area (Å²) in [6.07, 6.45) is 4.23. The van der Waals surface area contributed by atoms with Crippen molar-refractivity contribution >= 4 is 27.0 Å². The summed E-state index contributed by atoms with van der Waals surface area (Å²) in [6.45, 7) is -0.276. The van der Waals surface area contributed by atoms with Gasteiger partial charge in [0.05, 0.1) is 28.7 Å². The van der Waals surface area contributed by atoms with Crippen LogP contribution in [0.1, 0.15) is 16.1 Å². The van der Waals surface area contributed by atoms with Crippen molar-refractivity contribution in [2.75, 3.05) is 0 Å². The zero-order chi connectivity index (χ0) is 21.5. The molecule has 10 heteroatoms. The summed E-state index contributed by atoms with van der Waals surface area (Å²) in [4.78, 5) is 29.0. The molecule has 0 fully saturated rings. The molecule has 0 saturated carbocycles. The van der Waals surface area contributed by atoms with Crippen LogP contribution in [-0.2, 0) is 30.7 Å². The number of carbonyl (C=O) groups excluding carboxylic acids is 1. The number of rotatable bonds is 5. The van der Waals surface area contributed by atoms with E-state index in [4.69, 9.17) is 4.42 Å². The SMILES string of the molecule is Cn1c(=O)n(C)c2cc(S(=O)(=O)N(Cc3ccco3)C(=O)c3ccncc3)ccc21. The van der Waals surface area contributed by atoms with E-state index in [-0.39, 0.29) is 22.7 Å². The molecule has 0 N–H and O–H groups in total. The average Bonchev–Trinajstić information content (AvgIpc) is 3.35. The quantitative estimate of drug-likeness (QED) is 0.482. The van der Waals surface area contributed by atoms with E-state index in [1.807, 2.05) is 0 Å². The summed E-state index contributed by atoms with van der Waals surface area (Å²) >= 11 is 0. The second-order valence-electron chi connectivity index (χ2n) is 6.68. The molecular weight excluding hydrogens is 408 g/mol. The van der Waals surface area contributed by atoms with E-state index < -0.39 is 15.9 Å². The predicted molar refractivity (Wildman–Crippen MR) is 108 cm³/mol. The van der Waals surface area contributed by atoms with Crippen LogP contribution in [0.25, 0.3) is 11.0 Å². The monoisotopic (exact) mass is 426 g/mol. The third kappa shape index (κ3) is 3.20. The predicted octanol–water partition coefficient (Wildman–Crippen LogP) is 1.90. The number of benzene rings is 1. The molecule has 3 heterocycles. The van der Waals surface area contributed by atoms with Crippen molar-refractivity contribution in [2.24, 2.45) is 14.1 Å². The second-order valence-corrected chi connectivity index (χ2v) is 8.55. The largest absolute Gasteiger partial charge is 0.467 e. The van der Waals surface area contributed by atoms with E-state index in [0.717, 1.165) is 4.31 Å². The highest BCUT2D eigenvalue weighted by Gasteiger charge is 2.31. The number of hydrogen-bond acceptors (Lipinski definition) is 6. The first-order valence-corrected chi connectivity index (χ1v) is 10.4. The lowest BCUT2D eigenvalue weighted by atomic mass is 10.2. The summed E-state index contributed by atoms with van der Waals surface area (Å²) in [7, 11) is -1.09. The molecule has 4 rings (SSSR count). The van der Waals surface area contributed by atoms with Crippen molar-refractivity contribution < 1.29 is 17.6 Å². The first-order valence-electron chi connectivity index (χ1n) is 8.95. The number of aryl methyl sites for hydroxylation is 2. The molecular formula is C20H18N4O5S. The van der Waals surface area contributed by atoms with E-state index in [1.165, 1.54) is 52.1 Å². The number of amides is 1. The van der Waals surface area contributed by atoms with Crippen LogP contribution in [0, 0.1) is 0 Å². The molecule has 0 spiro atoms. The number of furan rings is 1. The van der Waals surface area contributed by atoms with E-state index in [0.29, 0.717) is 16.8 Å². The number of aromatic nitrogens is 3. The third-order valence-corrected chi connectivity index (χ3v) is 6.59. The van der Waals surface area contributed by atoms with Gasteiger partial charge >= 0.3 is 5.69 Å². The Morgan fingerprint density at radius 2 is 1.77 bits per heavy atom. The van der Waals surface area contributed by atoms with Crippen LogP contribution in [-0.4, -0.2) is 32.7 Å². The van der Waals surface area contributed by atoms with Crippen molar-refractivity contribution in [3.63, 3.8) is 0 Å². The number of pyridine rings is 1.